The Bertz CT molecular complexity index is 1330. The van der Waals surface area contributed by atoms with E-state index >= 15 is 0 Å². The summed E-state index contributed by atoms with van der Waals surface area (Å²) in [5.41, 5.74) is 4.66. The van der Waals surface area contributed by atoms with Crippen molar-refractivity contribution in [2.24, 2.45) is 0 Å². The van der Waals surface area contributed by atoms with Crippen LogP contribution in [0.25, 0.3) is 22.1 Å². The number of nitriles is 1. The van der Waals surface area contributed by atoms with Crippen LogP contribution in [0.2, 0.25) is 0 Å². The van der Waals surface area contributed by atoms with Crippen LogP contribution in [-0.4, -0.2) is 19.3 Å². The van der Waals surface area contributed by atoms with Crippen LogP contribution < -0.4 is 0 Å². The van der Waals surface area contributed by atoms with Gasteiger partial charge in [-0.1, -0.05) is 36.4 Å². The van der Waals surface area contributed by atoms with Crippen molar-refractivity contribution in [3.8, 4) is 11.8 Å². The first kappa shape index (κ1) is 16.3. The molecule has 0 aliphatic rings. The van der Waals surface area contributed by atoms with E-state index in [-0.39, 0.29) is 0 Å². The Morgan fingerprint density at radius 1 is 0.929 bits per heavy atom. The van der Waals surface area contributed by atoms with E-state index in [0.717, 1.165) is 27.7 Å². The molecule has 0 amide bonds. The topological polar surface area (TPSA) is 66.2 Å². The Labute approximate surface area is 161 Å². The molecule has 1 N–H and O–H groups in total. The maximum absolute atomic E-state index is 11.1. The zero-order valence-corrected chi connectivity index (χ0v) is 14.9. The minimum Gasteiger partial charge on any atom is -0.382 e. The van der Waals surface area contributed by atoms with Crippen molar-refractivity contribution in [3.05, 3.63) is 102 Å². The normalized spacial score (nSPS) is 12.3. The van der Waals surface area contributed by atoms with E-state index in [4.69, 9.17) is 0 Å². The SMILES string of the molecule is N#Cc1cc(C(O)c2ccc(-n3cccn3)cc2)n2c1ccc1ccccc12. The van der Waals surface area contributed by atoms with Crippen LogP contribution in [0.4, 0.5) is 0 Å². The summed E-state index contributed by atoms with van der Waals surface area (Å²) >= 11 is 0. The molecule has 1 atom stereocenters. The number of pyridine rings is 1. The fourth-order valence-electron chi connectivity index (χ4n) is 3.67. The summed E-state index contributed by atoms with van der Waals surface area (Å²) in [7, 11) is 0. The largest absolute Gasteiger partial charge is 0.382 e. The van der Waals surface area contributed by atoms with Crippen molar-refractivity contribution in [1.82, 2.24) is 14.2 Å². The summed E-state index contributed by atoms with van der Waals surface area (Å²) in [6.45, 7) is 0. The monoisotopic (exact) mass is 364 g/mol. The molecule has 28 heavy (non-hydrogen) atoms. The second-order valence-electron chi connectivity index (χ2n) is 6.65. The summed E-state index contributed by atoms with van der Waals surface area (Å²) in [4.78, 5) is 0. The van der Waals surface area contributed by atoms with Gasteiger partial charge in [-0.05, 0) is 47.3 Å². The molecule has 5 nitrogen and oxygen atoms in total. The summed E-state index contributed by atoms with van der Waals surface area (Å²) < 4.78 is 3.74. The van der Waals surface area contributed by atoms with Gasteiger partial charge in [0.1, 0.15) is 12.2 Å². The van der Waals surface area contributed by atoms with E-state index < -0.39 is 6.10 Å². The number of fused-ring (bicyclic) bond motifs is 3. The van der Waals surface area contributed by atoms with Crippen LogP contribution in [0.15, 0.2) is 85.2 Å². The highest BCUT2D eigenvalue weighted by molar-refractivity contribution is 5.85. The van der Waals surface area contributed by atoms with Gasteiger partial charge in [-0.25, -0.2) is 4.68 Å². The molecule has 2 aromatic carbocycles. The second kappa shape index (κ2) is 6.38. The maximum Gasteiger partial charge on any atom is 0.119 e. The lowest BCUT2D eigenvalue weighted by Crippen LogP contribution is -2.05. The Kier molecular flexibility index (Phi) is 3.71. The molecule has 5 aromatic rings. The van der Waals surface area contributed by atoms with Crippen molar-refractivity contribution < 1.29 is 5.11 Å². The van der Waals surface area contributed by atoms with Gasteiger partial charge < -0.3 is 9.51 Å². The first-order valence-corrected chi connectivity index (χ1v) is 8.97. The predicted molar refractivity (Wildman–Crippen MR) is 107 cm³/mol. The molecule has 0 spiro atoms. The van der Waals surface area contributed by atoms with Crippen LogP contribution in [0.1, 0.15) is 22.9 Å². The van der Waals surface area contributed by atoms with Crippen LogP contribution in [-0.2, 0) is 0 Å². The molecule has 1 unspecified atom stereocenters. The first-order chi connectivity index (χ1) is 13.8. The number of para-hydroxylation sites is 1. The highest BCUT2D eigenvalue weighted by atomic mass is 16.3. The van der Waals surface area contributed by atoms with Crippen molar-refractivity contribution in [2.75, 3.05) is 0 Å². The molecule has 134 valence electrons. The number of aromatic nitrogens is 3. The highest BCUT2D eigenvalue weighted by Crippen LogP contribution is 2.30. The molecule has 0 bridgehead atoms. The van der Waals surface area contributed by atoms with Gasteiger partial charge in [0, 0.05) is 12.4 Å². The molecule has 5 rings (SSSR count). The standard InChI is InChI=1S/C23H16N4O/c24-15-18-14-22(27-20-5-2-1-4-16(20)8-11-21(18)27)23(28)17-6-9-19(10-7-17)26-13-3-12-25-26/h1-14,23,28H. The molecule has 0 saturated heterocycles. The molecule has 0 aliphatic carbocycles. The Hall–Kier alpha value is -3.88. The van der Waals surface area contributed by atoms with Crippen LogP contribution in [0, 0.1) is 11.3 Å². The molecule has 0 aliphatic heterocycles. The van der Waals surface area contributed by atoms with E-state index in [1.807, 2.05) is 77.3 Å². The van der Waals surface area contributed by atoms with Gasteiger partial charge in [0.2, 0.25) is 0 Å². The first-order valence-electron chi connectivity index (χ1n) is 8.97. The van der Waals surface area contributed by atoms with Gasteiger partial charge in [-0.15, -0.1) is 0 Å². The Balaban J connectivity index is 1.66. The average Bonchev–Trinajstić information content (AvgIpc) is 3.41. The fourth-order valence-corrected chi connectivity index (χ4v) is 3.67. The fraction of sp³-hybridized carbons (Fsp3) is 0.0435. The zero-order chi connectivity index (χ0) is 19.1. The lowest BCUT2D eigenvalue weighted by molar-refractivity contribution is 0.215. The molecule has 5 heteroatoms. The van der Waals surface area contributed by atoms with Crippen LogP contribution in [0.3, 0.4) is 0 Å². The van der Waals surface area contributed by atoms with E-state index in [1.165, 1.54) is 0 Å². The third-order valence-electron chi connectivity index (χ3n) is 5.04. The minimum absolute atomic E-state index is 0.549. The van der Waals surface area contributed by atoms with Crippen molar-refractivity contribution in [1.29, 1.82) is 5.26 Å². The summed E-state index contributed by atoms with van der Waals surface area (Å²) in [6.07, 6.45) is 2.74. The number of hydrogen-bond donors (Lipinski definition) is 1. The number of rotatable bonds is 3. The van der Waals surface area contributed by atoms with Crippen molar-refractivity contribution in [3.63, 3.8) is 0 Å². The third-order valence-corrected chi connectivity index (χ3v) is 5.04. The second-order valence-corrected chi connectivity index (χ2v) is 6.65. The summed E-state index contributed by atoms with van der Waals surface area (Å²) in [6, 6.07) is 25.4. The lowest BCUT2D eigenvalue weighted by atomic mass is 10.1. The van der Waals surface area contributed by atoms with Gasteiger partial charge in [-0.3, -0.25) is 0 Å². The van der Waals surface area contributed by atoms with Gasteiger partial charge in [0.05, 0.1) is 28.0 Å². The number of benzene rings is 2. The highest BCUT2D eigenvalue weighted by Gasteiger charge is 2.19. The van der Waals surface area contributed by atoms with E-state index in [2.05, 4.69) is 11.2 Å². The van der Waals surface area contributed by atoms with Gasteiger partial charge in [0.25, 0.3) is 0 Å². The van der Waals surface area contributed by atoms with E-state index in [9.17, 15) is 10.4 Å². The molecule has 3 aromatic heterocycles. The summed E-state index contributed by atoms with van der Waals surface area (Å²) in [5.74, 6) is 0. The van der Waals surface area contributed by atoms with Gasteiger partial charge >= 0.3 is 0 Å². The molecule has 0 radical (unpaired) electrons. The predicted octanol–water partition coefficient (Wildman–Crippen LogP) is 4.23. The molecule has 0 saturated carbocycles. The molecular weight excluding hydrogens is 348 g/mol. The Morgan fingerprint density at radius 3 is 2.50 bits per heavy atom. The quantitative estimate of drug-likeness (QED) is 0.521. The lowest BCUT2D eigenvalue weighted by Gasteiger charge is -2.14. The van der Waals surface area contributed by atoms with Crippen LogP contribution in [0.5, 0.6) is 0 Å². The minimum atomic E-state index is -0.855. The number of nitrogens with zero attached hydrogens (tertiary/aromatic N) is 4. The molecular formula is C23H16N4O. The maximum atomic E-state index is 11.1. The number of hydrogen-bond acceptors (Lipinski definition) is 3. The third kappa shape index (κ3) is 2.48. The van der Waals surface area contributed by atoms with E-state index in [1.54, 1.807) is 16.9 Å². The van der Waals surface area contributed by atoms with Crippen LogP contribution >= 0.6 is 0 Å². The summed E-state index contributed by atoms with van der Waals surface area (Å²) in [5, 5.41) is 26.0. The van der Waals surface area contributed by atoms with Crippen molar-refractivity contribution >= 4 is 16.4 Å². The van der Waals surface area contributed by atoms with Crippen molar-refractivity contribution in [2.45, 2.75) is 6.10 Å². The Morgan fingerprint density at radius 2 is 1.75 bits per heavy atom. The average molecular weight is 364 g/mol. The number of aliphatic hydroxyl groups excluding tert-OH is 1. The number of aliphatic hydroxyl groups is 1. The van der Waals surface area contributed by atoms with E-state index in [0.29, 0.717) is 11.3 Å². The van der Waals surface area contributed by atoms with Gasteiger partial charge in [0.15, 0.2) is 0 Å². The molecule has 3 heterocycles. The van der Waals surface area contributed by atoms with Gasteiger partial charge in [-0.2, -0.15) is 10.4 Å². The molecule has 0 fully saturated rings. The zero-order valence-electron chi connectivity index (χ0n) is 14.9. The smallest absolute Gasteiger partial charge is 0.119 e.